The topological polar surface area (TPSA) is 50.4 Å². The number of anilines is 3. The molecule has 0 unspecified atom stereocenters. The summed E-state index contributed by atoms with van der Waals surface area (Å²) in [4.78, 5) is 12.7. The molecule has 5 heteroatoms. The highest BCUT2D eigenvalue weighted by atomic mass is 32.2. The third-order valence-electron chi connectivity index (χ3n) is 3.14. The van der Waals surface area contributed by atoms with E-state index in [1.165, 1.54) is 11.8 Å². The van der Waals surface area contributed by atoms with Crippen LogP contribution in [0.1, 0.15) is 20.8 Å². The Morgan fingerprint density at radius 3 is 2.54 bits per heavy atom. The van der Waals surface area contributed by atoms with E-state index in [0.29, 0.717) is 18.4 Å². The van der Waals surface area contributed by atoms with Crippen molar-refractivity contribution in [2.45, 2.75) is 31.7 Å². The smallest absolute Gasteiger partial charge is 0.316 e. The summed E-state index contributed by atoms with van der Waals surface area (Å²) in [5.74, 6) is 0.106. The van der Waals surface area contributed by atoms with E-state index in [0.717, 1.165) is 22.0 Å². The molecule has 2 rings (SSSR count). The Labute approximate surface area is 148 Å². The Bertz CT molecular complexity index is 660. The minimum absolute atomic E-state index is 0.195. The Kier molecular flexibility index (Phi) is 7.00. The SMILES string of the molecule is CCOC(=O)CSc1cc(Nc2ccccc2)ccc1NC(C)C. The van der Waals surface area contributed by atoms with Crippen molar-refractivity contribution in [2.75, 3.05) is 23.0 Å². The number of para-hydroxylation sites is 1. The third kappa shape index (κ3) is 5.81. The number of carbonyl (C=O) groups is 1. The van der Waals surface area contributed by atoms with Crippen LogP contribution in [0, 0.1) is 0 Å². The maximum atomic E-state index is 11.6. The van der Waals surface area contributed by atoms with Gasteiger partial charge in [0.1, 0.15) is 0 Å². The fourth-order valence-electron chi connectivity index (χ4n) is 2.18. The van der Waals surface area contributed by atoms with Gasteiger partial charge in [-0.3, -0.25) is 4.79 Å². The number of benzene rings is 2. The van der Waals surface area contributed by atoms with Crippen molar-refractivity contribution in [1.82, 2.24) is 0 Å². The highest BCUT2D eigenvalue weighted by molar-refractivity contribution is 8.00. The van der Waals surface area contributed by atoms with E-state index in [1.807, 2.05) is 49.4 Å². The maximum absolute atomic E-state index is 11.6. The number of hydrogen-bond acceptors (Lipinski definition) is 5. The Morgan fingerprint density at radius 1 is 1.12 bits per heavy atom. The molecule has 0 aliphatic rings. The Balaban J connectivity index is 2.16. The predicted octanol–water partition coefficient (Wildman–Crippen LogP) is 4.91. The van der Waals surface area contributed by atoms with Gasteiger partial charge in [-0.25, -0.2) is 0 Å². The van der Waals surface area contributed by atoms with Crippen molar-refractivity contribution in [3.63, 3.8) is 0 Å². The number of carbonyl (C=O) groups excluding carboxylic acids is 1. The number of esters is 1. The number of thioether (sulfide) groups is 1. The van der Waals surface area contributed by atoms with Crippen LogP contribution in [0.4, 0.5) is 17.1 Å². The van der Waals surface area contributed by atoms with Crippen molar-refractivity contribution in [2.24, 2.45) is 0 Å². The zero-order chi connectivity index (χ0) is 17.4. The Morgan fingerprint density at radius 2 is 1.88 bits per heavy atom. The summed E-state index contributed by atoms with van der Waals surface area (Å²) >= 11 is 1.48. The molecule has 0 radical (unpaired) electrons. The van der Waals surface area contributed by atoms with E-state index < -0.39 is 0 Å². The lowest BCUT2D eigenvalue weighted by atomic mass is 10.2. The first-order chi connectivity index (χ1) is 11.6. The standard InChI is InChI=1S/C19H24N2O2S/c1-4-23-19(22)13-24-18-12-16(10-11-17(18)20-14(2)3)21-15-8-6-5-7-9-15/h5-12,14,20-21H,4,13H2,1-3H3. The highest BCUT2D eigenvalue weighted by Crippen LogP contribution is 2.32. The zero-order valence-electron chi connectivity index (χ0n) is 14.3. The molecule has 4 nitrogen and oxygen atoms in total. The van der Waals surface area contributed by atoms with E-state index in [-0.39, 0.29) is 5.97 Å². The minimum Gasteiger partial charge on any atom is -0.465 e. The monoisotopic (exact) mass is 344 g/mol. The van der Waals surface area contributed by atoms with Crippen LogP contribution in [0.25, 0.3) is 0 Å². The van der Waals surface area contributed by atoms with Crippen molar-refractivity contribution < 1.29 is 9.53 Å². The average Bonchev–Trinajstić information content (AvgIpc) is 2.55. The summed E-state index contributed by atoms with van der Waals surface area (Å²) in [6, 6.07) is 16.5. The minimum atomic E-state index is -0.195. The van der Waals surface area contributed by atoms with E-state index in [4.69, 9.17) is 4.74 Å². The van der Waals surface area contributed by atoms with Crippen LogP contribution in [-0.4, -0.2) is 24.4 Å². The first-order valence-electron chi connectivity index (χ1n) is 8.09. The second kappa shape index (κ2) is 9.23. The van der Waals surface area contributed by atoms with E-state index >= 15 is 0 Å². The molecule has 128 valence electrons. The van der Waals surface area contributed by atoms with Crippen LogP contribution in [0.3, 0.4) is 0 Å². The first kappa shape index (κ1) is 18.2. The van der Waals surface area contributed by atoms with E-state index in [2.05, 4.69) is 30.5 Å². The zero-order valence-corrected chi connectivity index (χ0v) is 15.2. The summed E-state index contributed by atoms with van der Waals surface area (Å²) in [7, 11) is 0. The molecule has 0 atom stereocenters. The summed E-state index contributed by atoms with van der Waals surface area (Å²) in [6.45, 7) is 6.41. The summed E-state index contributed by atoms with van der Waals surface area (Å²) < 4.78 is 5.01. The lowest BCUT2D eigenvalue weighted by molar-refractivity contribution is -0.139. The molecule has 0 aliphatic carbocycles. The van der Waals surface area contributed by atoms with Gasteiger partial charge >= 0.3 is 5.97 Å². The first-order valence-corrected chi connectivity index (χ1v) is 9.08. The lowest BCUT2D eigenvalue weighted by Gasteiger charge is -2.16. The van der Waals surface area contributed by atoms with E-state index in [9.17, 15) is 4.79 Å². The maximum Gasteiger partial charge on any atom is 0.316 e. The van der Waals surface area contributed by atoms with Gasteiger partial charge in [-0.1, -0.05) is 18.2 Å². The number of rotatable bonds is 8. The fourth-order valence-corrected chi connectivity index (χ4v) is 3.03. The van der Waals surface area contributed by atoms with Gasteiger partial charge < -0.3 is 15.4 Å². The van der Waals surface area contributed by atoms with Crippen LogP contribution >= 0.6 is 11.8 Å². The average molecular weight is 344 g/mol. The van der Waals surface area contributed by atoms with Crippen molar-refractivity contribution in [3.8, 4) is 0 Å². The summed E-state index contributed by atoms with van der Waals surface area (Å²) in [5.41, 5.74) is 3.04. The molecule has 0 aliphatic heterocycles. The quantitative estimate of drug-likeness (QED) is 0.526. The predicted molar refractivity (Wildman–Crippen MR) is 102 cm³/mol. The molecule has 24 heavy (non-hydrogen) atoms. The molecule has 0 fully saturated rings. The number of nitrogens with one attached hydrogen (secondary N) is 2. The molecule has 0 aromatic heterocycles. The lowest BCUT2D eigenvalue weighted by Crippen LogP contribution is -2.11. The normalized spacial score (nSPS) is 10.5. The summed E-state index contributed by atoms with van der Waals surface area (Å²) in [5, 5.41) is 6.80. The molecule has 2 aromatic carbocycles. The van der Waals surface area contributed by atoms with Gasteiger partial charge in [-0.2, -0.15) is 0 Å². The van der Waals surface area contributed by atoms with Gasteiger partial charge in [-0.15, -0.1) is 11.8 Å². The van der Waals surface area contributed by atoms with Gasteiger partial charge in [0.2, 0.25) is 0 Å². The van der Waals surface area contributed by atoms with Crippen molar-refractivity contribution in [3.05, 3.63) is 48.5 Å². The molecule has 0 saturated heterocycles. The number of hydrogen-bond donors (Lipinski definition) is 2. The summed E-state index contributed by atoms with van der Waals surface area (Å²) in [6.07, 6.45) is 0. The fraction of sp³-hybridized carbons (Fsp3) is 0.316. The Hall–Kier alpha value is -2.14. The van der Waals surface area contributed by atoms with Gasteiger partial charge in [0.25, 0.3) is 0 Å². The number of ether oxygens (including phenoxy) is 1. The van der Waals surface area contributed by atoms with Gasteiger partial charge in [0, 0.05) is 28.0 Å². The molecule has 0 spiro atoms. The molecular weight excluding hydrogens is 320 g/mol. The molecular formula is C19H24N2O2S. The van der Waals surface area contributed by atoms with Crippen LogP contribution in [0.5, 0.6) is 0 Å². The van der Waals surface area contributed by atoms with E-state index in [1.54, 1.807) is 0 Å². The second-order valence-electron chi connectivity index (χ2n) is 5.59. The second-order valence-corrected chi connectivity index (χ2v) is 6.61. The molecule has 0 amide bonds. The van der Waals surface area contributed by atoms with Crippen LogP contribution in [0.2, 0.25) is 0 Å². The van der Waals surface area contributed by atoms with Gasteiger partial charge in [-0.05, 0) is 51.1 Å². The van der Waals surface area contributed by atoms with Crippen LogP contribution < -0.4 is 10.6 Å². The van der Waals surface area contributed by atoms with Crippen molar-refractivity contribution >= 4 is 34.8 Å². The van der Waals surface area contributed by atoms with Gasteiger partial charge in [0.15, 0.2) is 0 Å². The molecule has 0 bridgehead atoms. The molecule has 2 aromatic rings. The third-order valence-corrected chi connectivity index (χ3v) is 4.17. The van der Waals surface area contributed by atoms with Crippen LogP contribution in [0.15, 0.2) is 53.4 Å². The van der Waals surface area contributed by atoms with Crippen LogP contribution in [-0.2, 0) is 9.53 Å². The molecule has 2 N–H and O–H groups in total. The largest absolute Gasteiger partial charge is 0.465 e. The molecule has 0 saturated carbocycles. The molecule has 0 heterocycles. The highest BCUT2D eigenvalue weighted by Gasteiger charge is 2.10. The van der Waals surface area contributed by atoms with Gasteiger partial charge in [0.05, 0.1) is 12.4 Å². The van der Waals surface area contributed by atoms with Crippen molar-refractivity contribution in [1.29, 1.82) is 0 Å².